The summed E-state index contributed by atoms with van der Waals surface area (Å²) in [6, 6.07) is 7.29. The topological polar surface area (TPSA) is 123 Å². The van der Waals surface area contributed by atoms with E-state index in [1.165, 1.54) is 4.90 Å². The molecule has 2 aromatic rings. The van der Waals surface area contributed by atoms with Gasteiger partial charge in [-0.25, -0.2) is 0 Å². The Morgan fingerprint density at radius 2 is 1.79 bits per heavy atom. The quantitative estimate of drug-likeness (QED) is 0.593. The van der Waals surface area contributed by atoms with Crippen molar-refractivity contribution in [1.82, 2.24) is 19.9 Å². The average Bonchev–Trinajstić information content (AvgIpc) is 2.93. The molecule has 1 aliphatic carbocycles. The minimum atomic E-state index is -0.289. The number of methoxy groups -OCH3 is 1. The van der Waals surface area contributed by atoms with Gasteiger partial charge in [0, 0.05) is 0 Å². The molecule has 2 aliphatic rings. The lowest BCUT2D eigenvalue weighted by atomic mass is 9.85. The average molecular weight is 380 g/mol. The van der Waals surface area contributed by atoms with Crippen LogP contribution in [-0.2, 0) is 16.1 Å². The monoisotopic (exact) mass is 380 g/mol. The zero-order valence-corrected chi connectivity index (χ0v) is 15.3. The molecule has 1 aromatic carbocycles. The SMILES string of the molecule is COc1ccccc1Nc1nc(N)nc(CN2C(=O)[C@H]3CC=CC[C@@H]3C2=O)n1. The van der Waals surface area contributed by atoms with Crippen molar-refractivity contribution in [3.63, 3.8) is 0 Å². The molecule has 0 unspecified atom stereocenters. The molecule has 2 amide bonds. The summed E-state index contributed by atoms with van der Waals surface area (Å²) in [5.74, 6) is 0.134. The first-order chi connectivity index (χ1) is 13.6. The maximum absolute atomic E-state index is 12.6. The number of amides is 2. The van der Waals surface area contributed by atoms with Gasteiger partial charge < -0.3 is 15.8 Å². The van der Waals surface area contributed by atoms with Gasteiger partial charge in [0.2, 0.25) is 23.7 Å². The molecule has 9 heteroatoms. The fourth-order valence-corrected chi connectivity index (χ4v) is 3.60. The van der Waals surface area contributed by atoms with E-state index in [4.69, 9.17) is 10.5 Å². The van der Waals surface area contributed by atoms with Crippen molar-refractivity contribution in [2.75, 3.05) is 18.2 Å². The van der Waals surface area contributed by atoms with Crippen molar-refractivity contribution in [3.05, 3.63) is 42.2 Å². The van der Waals surface area contributed by atoms with Gasteiger partial charge in [0.1, 0.15) is 5.75 Å². The molecule has 0 bridgehead atoms. The third-order valence-corrected chi connectivity index (χ3v) is 4.95. The van der Waals surface area contributed by atoms with Crippen molar-refractivity contribution >= 4 is 29.4 Å². The highest BCUT2D eigenvalue weighted by atomic mass is 16.5. The summed E-state index contributed by atoms with van der Waals surface area (Å²) in [4.78, 5) is 39.0. The third-order valence-electron chi connectivity index (χ3n) is 4.95. The molecule has 2 heterocycles. The Hall–Kier alpha value is -3.49. The summed E-state index contributed by atoms with van der Waals surface area (Å²) >= 11 is 0. The molecule has 1 fully saturated rings. The molecular weight excluding hydrogens is 360 g/mol. The number of carbonyl (C=O) groups excluding carboxylic acids is 2. The Labute approximate surface area is 161 Å². The van der Waals surface area contributed by atoms with E-state index in [9.17, 15) is 9.59 Å². The smallest absolute Gasteiger partial charge is 0.233 e. The second-order valence-corrected chi connectivity index (χ2v) is 6.68. The number of para-hydroxylation sites is 2. The number of allylic oxidation sites excluding steroid dienone is 2. The van der Waals surface area contributed by atoms with Crippen molar-refractivity contribution in [1.29, 1.82) is 0 Å². The van der Waals surface area contributed by atoms with Crippen LogP contribution in [0.2, 0.25) is 0 Å². The number of nitrogens with zero attached hydrogens (tertiary/aromatic N) is 4. The molecule has 2 atom stereocenters. The Bertz CT molecular complexity index is 934. The number of carbonyl (C=O) groups is 2. The third kappa shape index (κ3) is 3.26. The molecule has 1 saturated heterocycles. The highest BCUT2D eigenvalue weighted by Gasteiger charge is 2.47. The normalized spacial score (nSPS) is 21.0. The Balaban J connectivity index is 1.56. The van der Waals surface area contributed by atoms with Gasteiger partial charge in [-0.2, -0.15) is 15.0 Å². The van der Waals surface area contributed by atoms with Crippen LogP contribution in [0.15, 0.2) is 36.4 Å². The van der Waals surface area contributed by atoms with Crippen molar-refractivity contribution in [3.8, 4) is 5.75 Å². The van der Waals surface area contributed by atoms with Crippen LogP contribution in [0.25, 0.3) is 0 Å². The van der Waals surface area contributed by atoms with E-state index >= 15 is 0 Å². The Kier molecular flexibility index (Phi) is 4.64. The van der Waals surface area contributed by atoms with E-state index in [2.05, 4.69) is 20.3 Å². The minimum Gasteiger partial charge on any atom is -0.495 e. The van der Waals surface area contributed by atoms with Crippen LogP contribution >= 0.6 is 0 Å². The molecule has 1 aromatic heterocycles. The lowest BCUT2D eigenvalue weighted by Gasteiger charge is -2.15. The van der Waals surface area contributed by atoms with Crippen LogP contribution in [0.3, 0.4) is 0 Å². The predicted octanol–water partition coefficient (Wildman–Crippen LogP) is 1.66. The fourth-order valence-electron chi connectivity index (χ4n) is 3.60. The molecule has 1 aliphatic heterocycles. The van der Waals surface area contributed by atoms with Crippen molar-refractivity contribution < 1.29 is 14.3 Å². The molecule has 9 nitrogen and oxygen atoms in total. The van der Waals surface area contributed by atoms with Gasteiger partial charge in [-0.1, -0.05) is 24.3 Å². The number of nitrogen functional groups attached to an aromatic ring is 1. The van der Waals surface area contributed by atoms with E-state index in [1.807, 2.05) is 30.4 Å². The number of likely N-dealkylation sites (tertiary alicyclic amines) is 1. The first-order valence-corrected chi connectivity index (χ1v) is 8.97. The summed E-state index contributed by atoms with van der Waals surface area (Å²) in [6.45, 7) is -0.0298. The molecule has 4 rings (SSSR count). The second kappa shape index (κ2) is 7.26. The van der Waals surface area contributed by atoms with Gasteiger partial charge in [0.15, 0.2) is 5.82 Å². The summed E-state index contributed by atoms with van der Waals surface area (Å²) in [6.07, 6.45) is 5.08. The lowest BCUT2D eigenvalue weighted by Crippen LogP contribution is -2.31. The summed E-state index contributed by atoms with van der Waals surface area (Å²) in [5.41, 5.74) is 6.47. The van der Waals surface area contributed by atoms with Crippen LogP contribution in [-0.4, -0.2) is 38.8 Å². The summed E-state index contributed by atoms with van der Waals surface area (Å²) < 4.78 is 5.30. The Morgan fingerprint density at radius 1 is 1.11 bits per heavy atom. The molecule has 0 saturated carbocycles. The van der Waals surface area contributed by atoms with Crippen LogP contribution in [0, 0.1) is 11.8 Å². The number of hydrogen-bond acceptors (Lipinski definition) is 8. The van der Waals surface area contributed by atoms with Gasteiger partial charge in [-0.05, 0) is 25.0 Å². The number of ether oxygens (including phenoxy) is 1. The molecule has 144 valence electrons. The van der Waals surface area contributed by atoms with Gasteiger partial charge in [0.25, 0.3) is 0 Å². The summed E-state index contributed by atoms with van der Waals surface area (Å²) in [7, 11) is 1.56. The van der Waals surface area contributed by atoms with Crippen LogP contribution in [0.4, 0.5) is 17.6 Å². The maximum atomic E-state index is 12.6. The summed E-state index contributed by atoms with van der Waals surface area (Å²) in [5, 5.41) is 3.04. The van der Waals surface area contributed by atoms with Crippen molar-refractivity contribution in [2.24, 2.45) is 11.8 Å². The maximum Gasteiger partial charge on any atom is 0.233 e. The lowest BCUT2D eigenvalue weighted by molar-refractivity contribution is -0.140. The highest BCUT2D eigenvalue weighted by Crippen LogP contribution is 2.35. The number of imide groups is 1. The molecule has 3 N–H and O–H groups in total. The largest absolute Gasteiger partial charge is 0.495 e. The van der Waals surface area contributed by atoms with Crippen LogP contribution in [0.5, 0.6) is 5.75 Å². The number of nitrogens with one attached hydrogen (secondary N) is 1. The number of hydrogen-bond donors (Lipinski definition) is 2. The number of fused-ring (bicyclic) bond motifs is 1. The number of rotatable bonds is 5. The zero-order chi connectivity index (χ0) is 19.7. The van der Waals surface area contributed by atoms with E-state index < -0.39 is 0 Å². The van der Waals surface area contributed by atoms with E-state index in [0.29, 0.717) is 24.3 Å². The molecule has 0 radical (unpaired) electrons. The Morgan fingerprint density at radius 3 is 2.46 bits per heavy atom. The minimum absolute atomic E-state index is 0.000533. The molecule has 28 heavy (non-hydrogen) atoms. The number of benzene rings is 1. The van der Waals surface area contributed by atoms with E-state index in [0.717, 1.165) is 0 Å². The van der Waals surface area contributed by atoms with Gasteiger partial charge >= 0.3 is 0 Å². The van der Waals surface area contributed by atoms with Gasteiger partial charge in [-0.15, -0.1) is 0 Å². The zero-order valence-electron chi connectivity index (χ0n) is 15.3. The van der Waals surface area contributed by atoms with Crippen LogP contribution < -0.4 is 15.8 Å². The van der Waals surface area contributed by atoms with E-state index in [1.54, 1.807) is 13.2 Å². The van der Waals surface area contributed by atoms with Crippen molar-refractivity contribution in [2.45, 2.75) is 19.4 Å². The first-order valence-electron chi connectivity index (χ1n) is 8.97. The predicted molar refractivity (Wildman–Crippen MR) is 101 cm³/mol. The van der Waals surface area contributed by atoms with Crippen LogP contribution in [0.1, 0.15) is 18.7 Å². The number of nitrogens with two attached hydrogens (primary N) is 1. The highest BCUT2D eigenvalue weighted by molar-refractivity contribution is 6.05. The van der Waals surface area contributed by atoms with Gasteiger partial charge in [0.05, 0.1) is 31.2 Å². The standard InChI is InChI=1S/C19H20N6O3/c1-28-14-9-5-4-8-13(14)21-19-23-15(22-18(20)24-19)10-25-16(26)11-6-2-3-7-12(11)17(25)27/h2-5,8-9,11-12H,6-7,10H2,1H3,(H3,20,21,22,23,24)/t11-,12-/m0/s1. The molecular formula is C19H20N6O3. The molecule has 0 spiro atoms. The van der Waals surface area contributed by atoms with E-state index in [-0.39, 0.29) is 47.9 Å². The number of anilines is 3. The second-order valence-electron chi connectivity index (χ2n) is 6.68. The van der Waals surface area contributed by atoms with Gasteiger partial charge in [-0.3, -0.25) is 14.5 Å². The fraction of sp³-hybridized carbons (Fsp3) is 0.316. The first kappa shape index (κ1) is 17.9. The number of aromatic nitrogens is 3.